The Morgan fingerprint density at radius 3 is 1.72 bits per heavy atom. The molecule has 0 radical (unpaired) electrons. The van der Waals surface area contributed by atoms with E-state index in [4.69, 9.17) is 0 Å². The zero-order chi connectivity index (χ0) is 34.5. The van der Waals surface area contributed by atoms with Crippen molar-refractivity contribution in [3.63, 3.8) is 0 Å². The van der Waals surface area contributed by atoms with Gasteiger partial charge in [0.05, 0.1) is 11.1 Å². The second-order valence-electron chi connectivity index (χ2n) is 10.2. The Bertz CT molecular complexity index is 1880. The van der Waals surface area contributed by atoms with Gasteiger partial charge < -0.3 is 4.74 Å². The highest BCUT2D eigenvalue weighted by molar-refractivity contribution is 5.50. The van der Waals surface area contributed by atoms with Crippen molar-refractivity contribution < 1.29 is 53.0 Å². The molecule has 0 heterocycles. The summed E-state index contributed by atoms with van der Waals surface area (Å²) in [7, 11) is 0. The predicted octanol–water partition coefficient (Wildman–Crippen LogP) is 10.2. The highest BCUT2D eigenvalue weighted by Gasteiger charge is 2.41. The maximum atomic E-state index is 14.7. The number of rotatable bonds is 7. The number of alkyl halides is 5. The lowest BCUT2D eigenvalue weighted by Crippen LogP contribution is -2.24. The van der Waals surface area contributed by atoms with Crippen molar-refractivity contribution in [3.8, 4) is 29.4 Å². The third-order valence-electron chi connectivity index (χ3n) is 6.64. The van der Waals surface area contributed by atoms with Crippen LogP contribution in [0.3, 0.4) is 0 Å². The predicted molar refractivity (Wildman–Crippen MR) is 150 cm³/mol. The number of unbranched alkanes of at least 4 members (excludes halogenated alkanes) is 2. The summed E-state index contributed by atoms with van der Waals surface area (Å²) >= 11 is 0. The van der Waals surface area contributed by atoms with Crippen LogP contribution in [0.4, 0.5) is 48.3 Å². The summed E-state index contributed by atoms with van der Waals surface area (Å²) in [6, 6.07) is 7.55. The van der Waals surface area contributed by atoms with E-state index in [0.717, 1.165) is 31.4 Å². The molecule has 0 atom stereocenters. The van der Waals surface area contributed by atoms with Gasteiger partial charge in [-0.1, -0.05) is 43.4 Å². The second kappa shape index (κ2) is 14.2. The van der Waals surface area contributed by atoms with Gasteiger partial charge in [0.25, 0.3) is 0 Å². The first-order valence-corrected chi connectivity index (χ1v) is 13.8. The van der Waals surface area contributed by atoms with E-state index in [-0.39, 0.29) is 28.8 Å². The fourth-order valence-electron chi connectivity index (χ4n) is 4.35. The highest BCUT2D eigenvalue weighted by Crippen LogP contribution is 2.38. The van der Waals surface area contributed by atoms with E-state index in [2.05, 4.69) is 28.4 Å². The van der Waals surface area contributed by atoms with Gasteiger partial charge in [-0.25, -0.2) is 26.3 Å². The van der Waals surface area contributed by atoms with Crippen LogP contribution in [0.15, 0.2) is 60.7 Å². The molecule has 0 fully saturated rings. The summed E-state index contributed by atoms with van der Waals surface area (Å²) in [5.74, 6) is -0.402. The molecule has 47 heavy (non-hydrogen) atoms. The highest BCUT2D eigenvalue weighted by atomic mass is 19.4. The summed E-state index contributed by atoms with van der Waals surface area (Å²) in [5.41, 5.74) is -4.09. The van der Waals surface area contributed by atoms with Crippen LogP contribution < -0.4 is 4.74 Å². The van der Waals surface area contributed by atoms with Crippen LogP contribution in [-0.4, -0.2) is 0 Å². The van der Waals surface area contributed by atoms with Crippen molar-refractivity contribution in [3.05, 3.63) is 135 Å². The molecule has 0 saturated heterocycles. The number of halogens is 11. The summed E-state index contributed by atoms with van der Waals surface area (Å²) in [6.07, 6.45) is -6.87. The second-order valence-corrected chi connectivity index (χ2v) is 10.2. The third-order valence-corrected chi connectivity index (χ3v) is 6.64. The maximum absolute atomic E-state index is 14.7. The topological polar surface area (TPSA) is 9.23 Å². The van der Waals surface area contributed by atoms with Crippen LogP contribution >= 0.6 is 0 Å². The van der Waals surface area contributed by atoms with Crippen LogP contribution in [0.25, 0.3) is 0 Å². The van der Waals surface area contributed by atoms with E-state index in [1.165, 1.54) is 24.3 Å². The van der Waals surface area contributed by atoms with Crippen LogP contribution in [-0.2, 0) is 18.7 Å². The molecule has 0 spiro atoms. The van der Waals surface area contributed by atoms with Crippen molar-refractivity contribution in [2.24, 2.45) is 0 Å². The van der Waals surface area contributed by atoms with Gasteiger partial charge in [0.1, 0.15) is 51.8 Å². The fourth-order valence-corrected chi connectivity index (χ4v) is 4.35. The number of hydrogen-bond acceptors (Lipinski definition) is 1. The molecule has 4 rings (SSSR count). The van der Waals surface area contributed by atoms with Gasteiger partial charge >= 0.3 is 12.3 Å². The summed E-state index contributed by atoms with van der Waals surface area (Å²) in [5, 5.41) is 0. The average molecular weight is 667 g/mol. The molecular weight excluding hydrogens is 645 g/mol. The third kappa shape index (κ3) is 8.64. The Hall–Kier alpha value is -4.97. The molecule has 0 aliphatic rings. The van der Waals surface area contributed by atoms with E-state index in [1.54, 1.807) is 0 Å². The van der Waals surface area contributed by atoms with Crippen LogP contribution in [0, 0.1) is 58.6 Å². The summed E-state index contributed by atoms with van der Waals surface area (Å²) < 4.78 is 157. The minimum Gasteiger partial charge on any atom is -0.429 e. The van der Waals surface area contributed by atoms with E-state index >= 15 is 0 Å². The molecule has 0 aliphatic heterocycles. The van der Waals surface area contributed by atoms with Crippen molar-refractivity contribution >= 4 is 0 Å². The number of aryl methyl sites for hydroxylation is 1. The molecule has 4 aromatic rings. The largest absolute Gasteiger partial charge is 0.429 e. The lowest BCUT2D eigenvalue weighted by atomic mass is 10.0. The van der Waals surface area contributed by atoms with Gasteiger partial charge in [-0.15, -0.1) is 0 Å². The van der Waals surface area contributed by atoms with E-state index in [0.29, 0.717) is 24.1 Å². The molecule has 0 saturated carbocycles. The van der Waals surface area contributed by atoms with E-state index in [1.807, 2.05) is 6.92 Å². The lowest BCUT2D eigenvalue weighted by Gasteiger charge is -2.20. The number of ether oxygens (including phenoxy) is 1. The van der Waals surface area contributed by atoms with Crippen LogP contribution in [0.1, 0.15) is 65.1 Å². The molecule has 1 nitrogen and oxygen atoms in total. The zero-order valence-corrected chi connectivity index (χ0v) is 24.2. The fraction of sp³-hybridized carbons (Fsp3) is 0.200. The van der Waals surface area contributed by atoms with Gasteiger partial charge in [0, 0.05) is 23.3 Å². The van der Waals surface area contributed by atoms with Crippen molar-refractivity contribution in [1.29, 1.82) is 0 Å². The molecule has 4 aromatic carbocycles. The number of hydrogen-bond donors (Lipinski definition) is 0. The minimum atomic E-state index is -5.45. The first-order valence-electron chi connectivity index (χ1n) is 13.8. The van der Waals surface area contributed by atoms with Crippen LogP contribution in [0.2, 0.25) is 0 Å². The Labute approximate surface area is 262 Å². The van der Waals surface area contributed by atoms with E-state index in [9.17, 15) is 48.3 Å². The van der Waals surface area contributed by atoms with Gasteiger partial charge in [0.15, 0.2) is 0 Å². The van der Waals surface area contributed by atoms with Crippen molar-refractivity contribution in [2.45, 2.75) is 44.9 Å². The average Bonchev–Trinajstić information content (AvgIpc) is 2.95. The van der Waals surface area contributed by atoms with Gasteiger partial charge in [-0.05, 0) is 66.9 Å². The Morgan fingerprint density at radius 1 is 0.596 bits per heavy atom. The molecule has 0 aliphatic carbocycles. The van der Waals surface area contributed by atoms with E-state index < -0.39 is 69.6 Å². The molecular formula is C35H21F11O. The monoisotopic (exact) mass is 666 g/mol. The normalized spacial score (nSPS) is 11.4. The Kier molecular flexibility index (Phi) is 10.5. The molecule has 12 heteroatoms. The van der Waals surface area contributed by atoms with Crippen molar-refractivity contribution in [1.82, 2.24) is 0 Å². The SMILES string of the molecule is CCCCCc1cc(F)c(C#Cc2ccc(C#Cc3ccc(C(F)(F)Oc4cc(F)c(C(F)(F)F)c(F)c4)c(F)c3)c(F)c2)c(F)c1. The molecule has 244 valence electrons. The summed E-state index contributed by atoms with van der Waals surface area (Å²) in [6.45, 7) is 2.00. The van der Waals surface area contributed by atoms with Crippen molar-refractivity contribution in [2.75, 3.05) is 0 Å². The van der Waals surface area contributed by atoms with Gasteiger partial charge in [0.2, 0.25) is 0 Å². The number of benzene rings is 4. The Morgan fingerprint density at radius 2 is 1.17 bits per heavy atom. The molecule has 0 amide bonds. The summed E-state index contributed by atoms with van der Waals surface area (Å²) in [4.78, 5) is 0. The smallest absolute Gasteiger partial charge is 0.429 e. The van der Waals surface area contributed by atoms with Gasteiger partial charge in [-0.2, -0.15) is 22.0 Å². The van der Waals surface area contributed by atoms with Crippen LogP contribution in [0.5, 0.6) is 5.75 Å². The Balaban J connectivity index is 1.49. The molecule has 0 N–H and O–H groups in total. The quantitative estimate of drug-likeness (QED) is 0.108. The standard InChI is InChI=1S/C35H21F11O/c1-2-3-4-5-22-16-28(37)25(29(38)17-22)12-8-20-6-10-23(27(36)14-20)11-7-21-9-13-26(30(39)15-21)35(45,46)47-24-18-31(40)33(32(41)19-24)34(42,43)44/h6,9-10,13-19H,2-5H2,1H3. The molecule has 0 aromatic heterocycles. The molecule has 0 bridgehead atoms. The lowest BCUT2D eigenvalue weighted by molar-refractivity contribution is -0.187. The zero-order valence-electron chi connectivity index (χ0n) is 24.2. The first-order chi connectivity index (χ1) is 22.1. The van der Waals surface area contributed by atoms with Gasteiger partial charge in [-0.3, -0.25) is 0 Å². The molecule has 0 unspecified atom stereocenters. The maximum Gasteiger partial charge on any atom is 0.429 e. The minimum absolute atomic E-state index is 0.0595. The first kappa shape index (κ1) is 34.9.